The third kappa shape index (κ3) is 1.52. The lowest BCUT2D eigenvalue weighted by molar-refractivity contribution is 0.619. The maximum Gasteiger partial charge on any atom is 0.0977 e. The predicted octanol–water partition coefficient (Wildman–Crippen LogP) is 4.98. The summed E-state index contributed by atoms with van der Waals surface area (Å²) in [6, 6.07) is 19.3. The van der Waals surface area contributed by atoms with E-state index in [0.717, 1.165) is 4.99 Å². The number of para-hydroxylation sites is 2. The summed E-state index contributed by atoms with van der Waals surface area (Å²) in [5.74, 6) is 0. The van der Waals surface area contributed by atoms with Crippen molar-refractivity contribution in [1.82, 2.24) is 0 Å². The monoisotopic (exact) mass is 279 g/mol. The maximum atomic E-state index is 5.93. The van der Waals surface area contributed by atoms with Gasteiger partial charge in [0.15, 0.2) is 0 Å². The predicted molar refractivity (Wildman–Crippen MR) is 87.8 cm³/mol. The van der Waals surface area contributed by atoms with Crippen LogP contribution in [-0.4, -0.2) is 4.99 Å². The molecular weight excluding hydrogens is 262 g/mol. The average Bonchev–Trinajstić information content (AvgIpc) is 3.07. The molecule has 1 aliphatic carbocycles. The van der Waals surface area contributed by atoms with E-state index in [0.29, 0.717) is 0 Å². The Balaban J connectivity index is 1.92. The molecule has 1 aliphatic heterocycles. The van der Waals surface area contributed by atoms with Crippen molar-refractivity contribution in [3.05, 3.63) is 60.2 Å². The molecule has 0 N–H and O–H groups in total. The van der Waals surface area contributed by atoms with Gasteiger partial charge in [0.25, 0.3) is 0 Å². The fourth-order valence-electron chi connectivity index (χ4n) is 3.81. The van der Waals surface area contributed by atoms with Crippen LogP contribution in [0, 0.1) is 0 Å². The molecule has 0 radical (unpaired) electrons. The van der Waals surface area contributed by atoms with E-state index in [-0.39, 0.29) is 5.41 Å². The molecule has 1 saturated carbocycles. The van der Waals surface area contributed by atoms with Crippen molar-refractivity contribution in [3.63, 3.8) is 0 Å². The Hall–Kier alpha value is -1.67. The summed E-state index contributed by atoms with van der Waals surface area (Å²) < 4.78 is 0. The summed E-state index contributed by atoms with van der Waals surface area (Å²) >= 11 is 5.93. The van der Waals surface area contributed by atoms with Crippen LogP contribution in [0.2, 0.25) is 0 Å². The second kappa shape index (κ2) is 4.42. The number of hydrogen-bond acceptors (Lipinski definition) is 1. The van der Waals surface area contributed by atoms with Crippen LogP contribution in [-0.2, 0) is 5.41 Å². The molecule has 2 aliphatic rings. The second-order valence-electron chi connectivity index (χ2n) is 5.78. The molecule has 2 heteroatoms. The first kappa shape index (κ1) is 12.1. The van der Waals surface area contributed by atoms with Gasteiger partial charge in [0.2, 0.25) is 0 Å². The Morgan fingerprint density at radius 2 is 1.50 bits per heavy atom. The summed E-state index contributed by atoms with van der Waals surface area (Å²) in [6.07, 6.45) is 4.98. The molecule has 0 aromatic heterocycles. The van der Waals surface area contributed by atoms with Gasteiger partial charge in [0, 0.05) is 11.1 Å². The molecule has 1 spiro atoms. The Morgan fingerprint density at radius 3 is 2.25 bits per heavy atom. The van der Waals surface area contributed by atoms with Gasteiger partial charge in [-0.15, -0.1) is 0 Å². The second-order valence-corrected chi connectivity index (χ2v) is 6.17. The lowest BCUT2D eigenvalue weighted by Gasteiger charge is -2.27. The normalized spacial score (nSPS) is 19.6. The summed E-state index contributed by atoms with van der Waals surface area (Å²) in [4.78, 5) is 3.39. The van der Waals surface area contributed by atoms with E-state index in [9.17, 15) is 0 Å². The van der Waals surface area contributed by atoms with Crippen LogP contribution in [0.25, 0.3) is 0 Å². The van der Waals surface area contributed by atoms with Gasteiger partial charge in [-0.2, -0.15) is 0 Å². The van der Waals surface area contributed by atoms with Gasteiger partial charge in [-0.3, -0.25) is 0 Å². The summed E-state index contributed by atoms with van der Waals surface area (Å²) in [5, 5.41) is 0. The third-order valence-electron chi connectivity index (χ3n) is 4.74. The number of thiocarbonyl (C=S) groups is 1. The smallest absolute Gasteiger partial charge is 0.0977 e. The van der Waals surface area contributed by atoms with Crippen molar-refractivity contribution in [2.75, 3.05) is 4.90 Å². The number of nitrogens with zero attached hydrogens (tertiary/aromatic N) is 1. The number of benzene rings is 2. The number of hydrogen-bond donors (Lipinski definition) is 0. The average molecular weight is 279 g/mol. The summed E-state index contributed by atoms with van der Waals surface area (Å²) in [7, 11) is 0. The molecule has 2 aromatic carbocycles. The van der Waals surface area contributed by atoms with Gasteiger partial charge in [-0.05, 0) is 36.6 Å². The van der Waals surface area contributed by atoms with Gasteiger partial charge in [-0.25, -0.2) is 0 Å². The van der Waals surface area contributed by atoms with Crippen LogP contribution >= 0.6 is 12.2 Å². The van der Waals surface area contributed by atoms with Gasteiger partial charge in [0.05, 0.1) is 10.7 Å². The largest absolute Gasteiger partial charge is 0.304 e. The minimum absolute atomic E-state index is 0.113. The minimum Gasteiger partial charge on any atom is -0.304 e. The first-order chi connectivity index (χ1) is 9.83. The standard InChI is InChI=1S/C18H17NS/c20-17-18(12-6-7-13-18)15-10-4-5-11-16(15)19(17)14-8-2-1-3-9-14/h1-5,8-11H,6-7,12-13H2. The molecule has 0 bridgehead atoms. The fraction of sp³-hybridized carbons (Fsp3) is 0.278. The van der Waals surface area contributed by atoms with E-state index in [4.69, 9.17) is 12.2 Å². The van der Waals surface area contributed by atoms with Crippen molar-refractivity contribution in [1.29, 1.82) is 0 Å². The zero-order valence-corrected chi connectivity index (χ0v) is 12.2. The van der Waals surface area contributed by atoms with Crippen LogP contribution in [0.15, 0.2) is 54.6 Å². The zero-order chi connectivity index (χ0) is 13.6. The molecule has 0 atom stereocenters. The molecule has 20 heavy (non-hydrogen) atoms. The minimum atomic E-state index is 0.113. The highest BCUT2D eigenvalue weighted by atomic mass is 32.1. The molecule has 1 heterocycles. The molecule has 0 unspecified atom stereocenters. The number of rotatable bonds is 1. The quantitative estimate of drug-likeness (QED) is 0.677. The lowest BCUT2D eigenvalue weighted by Crippen LogP contribution is -2.34. The summed E-state index contributed by atoms with van der Waals surface area (Å²) in [5.41, 5.74) is 4.02. The van der Waals surface area contributed by atoms with E-state index in [1.807, 2.05) is 0 Å². The molecule has 100 valence electrons. The Bertz CT molecular complexity index is 656. The SMILES string of the molecule is S=C1N(c2ccccc2)c2ccccc2C12CCCC2. The van der Waals surface area contributed by atoms with Crippen molar-refractivity contribution < 1.29 is 0 Å². The van der Waals surface area contributed by atoms with E-state index in [1.165, 1.54) is 42.6 Å². The number of fused-ring (bicyclic) bond motifs is 2. The van der Waals surface area contributed by atoms with Crippen LogP contribution in [0.5, 0.6) is 0 Å². The molecule has 0 saturated heterocycles. The van der Waals surface area contributed by atoms with Crippen LogP contribution in [0.4, 0.5) is 11.4 Å². The van der Waals surface area contributed by atoms with E-state index < -0.39 is 0 Å². The van der Waals surface area contributed by atoms with Gasteiger partial charge < -0.3 is 4.90 Å². The highest BCUT2D eigenvalue weighted by Crippen LogP contribution is 2.53. The van der Waals surface area contributed by atoms with Crippen LogP contribution in [0.3, 0.4) is 0 Å². The topological polar surface area (TPSA) is 3.24 Å². The Labute approximate surface area is 125 Å². The lowest BCUT2D eigenvalue weighted by atomic mass is 9.81. The highest BCUT2D eigenvalue weighted by Gasteiger charge is 2.49. The molecule has 0 amide bonds. The Kier molecular flexibility index (Phi) is 2.67. The zero-order valence-electron chi connectivity index (χ0n) is 11.4. The molecule has 4 rings (SSSR count). The van der Waals surface area contributed by atoms with Gasteiger partial charge in [-0.1, -0.05) is 61.5 Å². The van der Waals surface area contributed by atoms with E-state index in [2.05, 4.69) is 59.5 Å². The first-order valence-electron chi connectivity index (χ1n) is 7.32. The van der Waals surface area contributed by atoms with Crippen molar-refractivity contribution in [3.8, 4) is 0 Å². The molecule has 2 aromatic rings. The molecular formula is C18H17NS. The van der Waals surface area contributed by atoms with Crippen molar-refractivity contribution in [2.45, 2.75) is 31.1 Å². The maximum absolute atomic E-state index is 5.93. The van der Waals surface area contributed by atoms with E-state index >= 15 is 0 Å². The van der Waals surface area contributed by atoms with E-state index in [1.54, 1.807) is 0 Å². The highest BCUT2D eigenvalue weighted by molar-refractivity contribution is 7.80. The first-order valence-corrected chi connectivity index (χ1v) is 7.73. The van der Waals surface area contributed by atoms with Crippen LogP contribution in [0.1, 0.15) is 31.2 Å². The molecule has 1 fully saturated rings. The third-order valence-corrected chi connectivity index (χ3v) is 5.32. The van der Waals surface area contributed by atoms with Crippen molar-refractivity contribution in [2.24, 2.45) is 0 Å². The summed E-state index contributed by atoms with van der Waals surface area (Å²) in [6.45, 7) is 0. The molecule has 1 nitrogen and oxygen atoms in total. The van der Waals surface area contributed by atoms with Gasteiger partial charge >= 0.3 is 0 Å². The van der Waals surface area contributed by atoms with Crippen LogP contribution < -0.4 is 4.90 Å². The fourth-order valence-corrected chi connectivity index (χ4v) is 4.32. The Morgan fingerprint density at radius 1 is 0.850 bits per heavy atom. The van der Waals surface area contributed by atoms with Crippen molar-refractivity contribution >= 4 is 28.6 Å². The van der Waals surface area contributed by atoms with Gasteiger partial charge in [0.1, 0.15) is 0 Å². The number of anilines is 2.